The van der Waals surface area contributed by atoms with E-state index < -0.39 is 6.10 Å². The molecule has 0 aliphatic rings. The van der Waals surface area contributed by atoms with Crippen molar-refractivity contribution in [3.8, 4) is 0 Å². The molecule has 0 spiro atoms. The van der Waals surface area contributed by atoms with E-state index in [9.17, 15) is 14.4 Å². The van der Waals surface area contributed by atoms with Gasteiger partial charge in [0.05, 0.1) is 0 Å². The van der Waals surface area contributed by atoms with Crippen LogP contribution in [0.15, 0.2) is 12.2 Å². The van der Waals surface area contributed by atoms with Gasteiger partial charge in [-0.1, -0.05) is 335 Å². The van der Waals surface area contributed by atoms with Crippen molar-refractivity contribution in [2.75, 3.05) is 13.2 Å². The van der Waals surface area contributed by atoms with Crippen LogP contribution in [0.4, 0.5) is 0 Å². The summed E-state index contributed by atoms with van der Waals surface area (Å²) in [7, 11) is 0. The zero-order valence-electron chi connectivity index (χ0n) is 50.4. The van der Waals surface area contributed by atoms with Crippen LogP contribution in [0.2, 0.25) is 0 Å². The molecule has 0 aromatic rings. The van der Waals surface area contributed by atoms with E-state index in [-0.39, 0.29) is 31.1 Å². The largest absolute Gasteiger partial charge is 0.462 e. The van der Waals surface area contributed by atoms with Crippen LogP contribution in [-0.2, 0) is 28.6 Å². The average Bonchev–Trinajstić information content (AvgIpc) is 3.40. The molecule has 0 heterocycles. The number of rotatable bonds is 63. The van der Waals surface area contributed by atoms with Crippen molar-refractivity contribution in [2.45, 2.75) is 393 Å². The quantitative estimate of drug-likeness (QED) is 0.0261. The van der Waals surface area contributed by atoms with Crippen LogP contribution in [0.3, 0.4) is 0 Å². The van der Waals surface area contributed by atoms with Gasteiger partial charge in [-0.15, -0.1) is 0 Å². The van der Waals surface area contributed by atoms with Crippen LogP contribution in [0.25, 0.3) is 0 Å². The minimum atomic E-state index is -0.769. The first-order valence-electron chi connectivity index (χ1n) is 33.7. The number of allylic oxidation sites excluding steroid dienone is 2. The van der Waals surface area contributed by atoms with Crippen molar-refractivity contribution in [1.82, 2.24) is 0 Å². The second-order valence-electron chi connectivity index (χ2n) is 23.1. The Morgan fingerprint density at radius 1 is 0.257 bits per heavy atom. The highest BCUT2D eigenvalue weighted by Crippen LogP contribution is 2.19. The molecule has 0 N–H and O–H groups in total. The maximum absolute atomic E-state index is 12.9. The molecule has 6 heteroatoms. The fraction of sp³-hybridized carbons (Fsp3) is 0.926. The molecule has 0 radical (unpaired) electrons. The van der Waals surface area contributed by atoms with Gasteiger partial charge in [-0.05, 0) is 44.9 Å². The van der Waals surface area contributed by atoms with Crippen molar-refractivity contribution >= 4 is 17.9 Å². The van der Waals surface area contributed by atoms with Gasteiger partial charge in [-0.3, -0.25) is 14.4 Å². The fourth-order valence-corrected chi connectivity index (χ4v) is 10.4. The van der Waals surface area contributed by atoms with E-state index in [1.165, 1.54) is 283 Å². The van der Waals surface area contributed by atoms with Crippen molar-refractivity contribution in [1.29, 1.82) is 0 Å². The lowest BCUT2D eigenvalue weighted by Crippen LogP contribution is -2.30. The van der Waals surface area contributed by atoms with E-state index in [1.54, 1.807) is 0 Å². The van der Waals surface area contributed by atoms with E-state index in [1.807, 2.05) is 0 Å². The number of hydrogen-bond acceptors (Lipinski definition) is 6. The van der Waals surface area contributed by atoms with Crippen molar-refractivity contribution < 1.29 is 28.6 Å². The summed E-state index contributed by atoms with van der Waals surface area (Å²) in [4.78, 5) is 38.4. The molecule has 0 aliphatic heterocycles. The number of unbranched alkanes of at least 4 members (excludes halogenated alkanes) is 50. The van der Waals surface area contributed by atoms with Crippen molar-refractivity contribution in [3.05, 3.63) is 12.2 Å². The minimum Gasteiger partial charge on any atom is -0.462 e. The van der Waals surface area contributed by atoms with Gasteiger partial charge in [-0.25, -0.2) is 0 Å². The molecule has 0 aromatic carbocycles. The summed E-state index contributed by atoms with van der Waals surface area (Å²) >= 11 is 0. The summed E-state index contributed by atoms with van der Waals surface area (Å²) in [6, 6.07) is 0. The molecule has 1 atom stereocenters. The van der Waals surface area contributed by atoms with Gasteiger partial charge in [0.2, 0.25) is 0 Å². The van der Waals surface area contributed by atoms with E-state index in [0.29, 0.717) is 19.3 Å². The highest BCUT2D eigenvalue weighted by Gasteiger charge is 2.19. The summed E-state index contributed by atoms with van der Waals surface area (Å²) in [5, 5.41) is 0. The second kappa shape index (κ2) is 63.7. The number of carbonyl (C=O) groups is 3. The molecule has 0 saturated carbocycles. The highest BCUT2D eigenvalue weighted by molar-refractivity contribution is 5.71. The molecule has 74 heavy (non-hydrogen) atoms. The summed E-state index contributed by atoms with van der Waals surface area (Å²) in [6.07, 6.45) is 75.1. The van der Waals surface area contributed by atoms with Gasteiger partial charge in [0, 0.05) is 19.3 Å². The normalized spacial score (nSPS) is 12.0. The monoisotopic (exact) mass is 1040 g/mol. The molecule has 0 rings (SSSR count). The topological polar surface area (TPSA) is 78.9 Å². The number of esters is 3. The Labute approximate surface area is 462 Å². The van der Waals surface area contributed by atoms with Crippen molar-refractivity contribution in [3.63, 3.8) is 0 Å². The van der Waals surface area contributed by atoms with E-state index in [0.717, 1.165) is 64.2 Å². The number of carbonyl (C=O) groups excluding carboxylic acids is 3. The van der Waals surface area contributed by atoms with Gasteiger partial charge in [-0.2, -0.15) is 0 Å². The minimum absolute atomic E-state index is 0.0657. The van der Waals surface area contributed by atoms with Gasteiger partial charge in [0.15, 0.2) is 6.10 Å². The van der Waals surface area contributed by atoms with E-state index in [2.05, 4.69) is 32.9 Å². The third kappa shape index (κ3) is 61.0. The summed E-state index contributed by atoms with van der Waals surface area (Å²) < 4.78 is 17.0. The Morgan fingerprint density at radius 2 is 0.446 bits per heavy atom. The van der Waals surface area contributed by atoms with Gasteiger partial charge >= 0.3 is 17.9 Å². The molecule has 0 fully saturated rings. The second-order valence-corrected chi connectivity index (χ2v) is 23.1. The van der Waals surface area contributed by atoms with Crippen LogP contribution in [0, 0.1) is 0 Å². The first-order chi connectivity index (χ1) is 36.5. The Bertz CT molecular complexity index is 1150. The summed E-state index contributed by atoms with van der Waals surface area (Å²) in [5.74, 6) is -0.840. The van der Waals surface area contributed by atoms with Crippen LogP contribution in [0.5, 0.6) is 0 Å². The predicted octanol–water partition coefficient (Wildman–Crippen LogP) is 22.8. The van der Waals surface area contributed by atoms with E-state index in [4.69, 9.17) is 14.2 Å². The smallest absolute Gasteiger partial charge is 0.306 e. The van der Waals surface area contributed by atoms with Gasteiger partial charge in [0.25, 0.3) is 0 Å². The standard InChI is InChI=1S/C68H130O6/c1-4-7-10-13-16-19-22-25-28-31-33-35-37-40-43-46-49-52-55-58-61-67(70)73-64-65(63-72-66(69)60-57-54-51-48-45-42-39-30-27-24-21-18-15-12-9-6-3)74-68(71)62-59-56-53-50-47-44-41-38-36-34-32-29-26-23-20-17-14-11-8-5-2/h30,39,65H,4-29,31-38,40-64H2,1-3H3/b39-30-. The first-order valence-corrected chi connectivity index (χ1v) is 33.7. The predicted molar refractivity (Wildman–Crippen MR) is 321 cm³/mol. The highest BCUT2D eigenvalue weighted by atomic mass is 16.6. The van der Waals surface area contributed by atoms with Crippen molar-refractivity contribution in [2.24, 2.45) is 0 Å². The van der Waals surface area contributed by atoms with Crippen LogP contribution >= 0.6 is 0 Å². The van der Waals surface area contributed by atoms with Crippen LogP contribution < -0.4 is 0 Å². The molecule has 0 aromatic heterocycles. The van der Waals surface area contributed by atoms with Gasteiger partial charge in [0.1, 0.15) is 13.2 Å². The van der Waals surface area contributed by atoms with Gasteiger partial charge < -0.3 is 14.2 Å². The Morgan fingerprint density at radius 3 is 0.676 bits per heavy atom. The average molecular weight is 1040 g/mol. The van der Waals surface area contributed by atoms with Crippen LogP contribution in [-0.4, -0.2) is 37.2 Å². The first kappa shape index (κ1) is 72.2. The van der Waals surface area contributed by atoms with E-state index >= 15 is 0 Å². The molecule has 0 aliphatic carbocycles. The lowest BCUT2D eigenvalue weighted by Gasteiger charge is -2.18. The third-order valence-electron chi connectivity index (χ3n) is 15.5. The molecule has 1 unspecified atom stereocenters. The SMILES string of the molecule is CCCCCCCCC/C=C\CCCCCCCC(=O)OCC(COC(=O)CCCCCCCCCCCCCCCCCCCCCC)OC(=O)CCCCCCCCCCCCCCCCCCCCCC. The molecule has 0 bridgehead atoms. The molecule has 438 valence electrons. The number of ether oxygens (including phenoxy) is 3. The Hall–Kier alpha value is -1.85. The Balaban J connectivity index is 4.29. The summed E-state index contributed by atoms with van der Waals surface area (Å²) in [5.41, 5.74) is 0. The molecule has 0 amide bonds. The zero-order valence-corrected chi connectivity index (χ0v) is 50.4. The Kier molecular flexibility index (Phi) is 62.1. The molecular formula is C68H130O6. The fourth-order valence-electron chi connectivity index (χ4n) is 10.4. The maximum Gasteiger partial charge on any atom is 0.306 e. The summed E-state index contributed by atoms with van der Waals surface area (Å²) in [6.45, 7) is 6.72. The molecule has 0 saturated heterocycles. The number of hydrogen-bond donors (Lipinski definition) is 0. The van der Waals surface area contributed by atoms with Crippen LogP contribution in [0.1, 0.15) is 387 Å². The third-order valence-corrected chi connectivity index (χ3v) is 15.5. The molecule has 6 nitrogen and oxygen atoms in total. The molecular weight excluding hydrogens is 913 g/mol. The lowest BCUT2D eigenvalue weighted by atomic mass is 10.0. The maximum atomic E-state index is 12.9. The lowest BCUT2D eigenvalue weighted by molar-refractivity contribution is -0.167. The zero-order chi connectivity index (χ0) is 53.6.